The van der Waals surface area contributed by atoms with Crippen LogP contribution in [0.15, 0.2) is 114 Å². The second-order valence-electron chi connectivity index (χ2n) is 12.1. The van der Waals surface area contributed by atoms with Gasteiger partial charge in [0.2, 0.25) is 11.8 Å². The van der Waals surface area contributed by atoms with Gasteiger partial charge in [-0.05, 0) is 67.3 Å². The average molecular weight is 654 g/mol. The quantitative estimate of drug-likeness (QED) is 0.183. The monoisotopic (exact) mass is 653 g/mol. The molecular weight excluding hydrogens is 611 g/mol. The second-order valence-corrected chi connectivity index (χ2v) is 13.9. The van der Waals surface area contributed by atoms with Gasteiger partial charge in [0.15, 0.2) is 0 Å². The summed E-state index contributed by atoms with van der Waals surface area (Å²) in [5.41, 5.74) is 3.13. The minimum atomic E-state index is -4.16. The zero-order valence-corrected chi connectivity index (χ0v) is 27.9. The summed E-state index contributed by atoms with van der Waals surface area (Å²) >= 11 is 0. The molecular formula is C38H43N3O5S. The van der Waals surface area contributed by atoms with Crippen LogP contribution in [0, 0.1) is 6.92 Å². The first-order chi connectivity index (χ1) is 22.7. The van der Waals surface area contributed by atoms with Crippen LogP contribution in [0.25, 0.3) is 0 Å². The van der Waals surface area contributed by atoms with E-state index in [9.17, 15) is 18.0 Å². The van der Waals surface area contributed by atoms with Gasteiger partial charge < -0.3 is 15.0 Å². The molecule has 4 aromatic rings. The van der Waals surface area contributed by atoms with Crippen LogP contribution in [0.4, 0.5) is 5.69 Å². The van der Waals surface area contributed by atoms with Crippen molar-refractivity contribution in [1.29, 1.82) is 0 Å². The number of nitrogens with zero attached hydrogens (tertiary/aromatic N) is 2. The Bertz CT molecular complexity index is 1710. The summed E-state index contributed by atoms with van der Waals surface area (Å²) in [7, 11) is -2.63. The highest BCUT2D eigenvalue weighted by Gasteiger charge is 2.35. The molecule has 4 aromatic carbocycles. The maximum absolute atomic E-state index is 14.6. The topological polar surface area (TPSA) is 96.0 Å². The summed E-state index contributed by atoms with van der Waals surface area (Å²) < 4.78 is 34.7. The van der Waals surface area contributed by atoms with Crippen LogP contribution in [0.2, 0.25) is 0 Å². The molecule has 0 aliphatic heterocycles. The van der Waals surface area contributed by atoms with Crippen molar-refractivity contribution in [2.45, 2.75) is 69.0 Å². The lowest BCUT2D eigenvalue weighted by atomic mass is 9.94. The molecule has 0 aromatic heterocycles. The summed E-state index contributed by atoms with van der Waals surface area (Å²) in [4.78, 5) is 30.5. The van der Waals surface area contributed by atoms with Gasteiger partial charge in [-0.1, -0.05) is 97.6 Å². The summed E-state index contributed by atoms with van der Waals surface area (Å²) in [5.74, 6) is -0.163. The molecule has 5 rings (SSSR count). The molecule has 1 aliphatic carbocycles. The third-order valence-electron chi connectivity index (χ3n) is 8.67. The standard InChI is InChI=1S/C38H43N3O5S/c1-29-18-20-31(21-19-29)27-40(36(26-30-12-6-3-7-13-30)38(43)39-32-14-8-4-9-15-32)37(42)28-41(33-22-24-34(46-2)25-23-33)47(44,45)35-16-10-5-11-17-35/h3,5-7,10-13,16-25,32,36H,4,8-9,14-15,26-28H2,1-2H3,(H,39,43). The van der Waals surface area contributed by atoms with Crippen molar-refractivity contribution >= 4 is 27.5 Å². The fraction of sp³-hybridized carbons (Fsp3) is 0.316. The van der Waals surface area contributed by atoms with Crippen molar-refractivity contribution in [1.82, 2.24) is 10.2 Å². The molecule has 0 saturated heterocycles. The van der Waals surface area contributed by atoms with E-state index in [2.05, 4.69) is 5.32 Å². The van der Waals surface area contributed by atoms with E-state index in [-0.39, 0.29) is 29.8 Å². The predicted molar refractivity (Wildman–Crippen MR) is 185 cm³/mol. The molecule has 8 nitrogen and oxygen atoms in total. The lowest BCUT2D eigenvalue weighted by molar-refractivity contribution is -0.140. The number of carbonyl (C=O) groups is 2. The first-order valence-corrected chi connectivity index (χ1v) is 17.6. The van der Waals surface area contributed by atoms with Gasteiger partial charge in [-0.3, -0.25) is 13.9 Å². The van der Waals surface area contributed by atoms with E-state index in [1.807, 2.05) is 61.5 Å². The lowest BCUT2D eigenvalue weighted by Gasteiger charge is -2.35. The van der Waals surface area contributed by atoms with Crippen LogP contribution in [0.3, 0.4) is 0 Å². The van der Waals surface area contributed by atoms with E-state index in [1.165, 1.54) is 19.2 Å². The molecule has 1 aliphatic rings. The number of ether oxygens (including phenoxy) is 1. The first-order valence-electron chi connectivity index (χ1n) is 16.2. The number of amides is 2. The number of hydrogen-bond acceptors (Lipinski definition) is 5. The van der Waals surface area contributed by atoms with E-state index in [1.54, 1.807) is 47.4 Å². The van der Waals surface area contributed by atoms with Crippen molar-refractivity contribution < 1.29 is 22.7 Å². The van der Waals surface area contributed by atoms with E-state index in [4.69, 9.17) is 4.74 Å². The molecule has 1 unspecified atom stereocenters. The normalized spacial score (nSPS) is 14.2. The van der Waals surface area contributed by atoms with Crippen molar-refractivity contribution in [3.8, 4) is 5.75 Å². The van der Waals surface area contributed by atoms with Gasteiger partial charge in [0.1, 0.15) is 18.3 Å². The molecule has 1 N–H and O–H groups in total. The van der Waals surface area contributed by atoms with E-state index < -0.39 is 28.5 Å². The Hall–Kier alpha value is -4.63. The van der Waals surface area contributed by atoms with Crippen LogP contribution < -0.4 is 14.4 Å². The molecule has 246 valence electrons. The van der Waals surface area contributed by atoms with Gasteiger partial charge in [-0.2, -0.15) is 0 Å². The molecule has 0 heterocycles. The smallest absolute Gasteiger partial charge is 0.264 e. The SMILES string of the molecule is COc1ccc(N(CC(=O)N(Cc2ccc(C)cc2)C(Cc2ccccc2)C(=O)NC2CCCCC2)S(=O)(=O)c2ccccc2)cc1. The van der Waals surface area contributed by atoms with Crippen molar-refractivity contribution in [2.24, 2.45) is 0 Å². The molecule has 0 spiro atoms. The summed E-state index contributed by atoms with van der Waals surface area (Å²) in [5, 5.41) is 3.24. The van der Waals surface area contributed by atoms with Crippen LogP contribution >= 0.6 is 0 Å². The molecule has 0 bridgehead atoms. The van der Waals surface area contributed by atoms with Gasteiger partial charge in [-0.15, -0.1) is 0 Å². The van der Waals surface area contributed by atoms with E-state index >= 15 is 0 Å². The van der Waals surface area contributed by atoms with Gasteiger partial charge in [0.25, 0.3) is 10.0 Å². The molecule has 9 heteroatoms. The Morgan fingerprint density at radius 3 is 2.04 bits per heavy atom. The molecule has 2 amide bonds. The number of carbonyl (C=O) groups excluding carboxylic acids is 2. The highest BCUT2D eigenvalue weighted by Crippen LogP contribution is 2.27. The Labute approximate surface area is 278 Å². The third-order valence-corrected chi connectivity index (χ3v) is 10.5. The van der Waals surface area contributed by atoms with Gasteiger partial charge in [0.05, 0.1) is 17.7 Å². The largest absolute Gasteiger partial charge is 0.497 e. The number of methoxy groups -OCH3 is 1. The average Bonchev–Trinajstić information content (AvgIpc) is 3.10. The number of benzene rings is 4. The molecule has 1 saturated carbocycles. The number of aryl methyl sites for hydroxylation is 1. The van der Waals surface area contributed by atoms with Crippen LogP contribution in [0.1, 0.15) is 48.8 Å². The Morgan fingerprint density at radius 1 is 0.809 bits per heavy atom. The highest BCUT2D eigenvalue weighted by molar-refractivity contribution is 7.92. The predicted octanol–water partition coefficient (Wildman–Crippen LogP) is 6.29. The highest BCUT2D eigenvalue weighted by atomic mass is 32.2. The fourth-order valence-corrected chi connectivity index (χ4v) is 7.42. The summed E-state index contributed by atoms with van der Waals surface area (Å²) in [6.07, 6.45) is 5.33. The van der Waals surface area contributed by atoms with Crippen molar-refractivity contribution in [3.05, 3.63) is 126 Å². The molecule has 0 radical (unpaired) electrons. The van der Waals surface area contributed by atoms with Crippen LogP contribution in [0.5, 0.6) is 5.75 Å². The van der Waals surface area contributed by atoms with Crippen molar-refractivity contribution in [2.75, 3.05) is 18.0 Å². The van der Waals surface area contributed by atoms with Gasteiger partial charge >= 0.3 is 0 Å². The number of rotatable bonds is 13. The Balaban J connectivity index is 1.55. The van der Waals surface area contributed by atoms with Crippen molar-refractivity contribution in [3.63, 3.8) is 0 Å². The third kappa shape index (κ3) is 8.80. The summed E-state index contributed by atoms with van der Waals surface area (Å²) in [6.45, 7) is 1.62. The Morgan fingerprint density at radius 2 is 1.43 bits per heavy atom. The summed E-state index contributed by atoms with van der Waals surface area (Å²) in [6, 6.07) is 31.2. The van der Waals surface area contributed by atoms with E-state index in [0.717, 1.165) is 53.1 Å². The fourth-order valence-electron chi connectivity index (χ4n) is 5.99. The minimum Gasteiger partial charge on any atom is -0.497 e. The number of anilines is 1. The number of hydrogen-bond donors (Lipinski definition) is 1. The Kier molecular flexibility index (Phi) is 11.3. The molecule has 1 atom stereocenters. The maximum Gasteiger partial charge on any atom is 0.264 e. The van der Waals surface area contributed by atoms with Gasteiger partial charge in [0, 0.05) is 19.0 Å². The van der Waals surface area contributed by atoms with Gasteiger partial charge in [-0.25, -0.2) is 8.42 Å². The van der Waals surface area contributed by atoms with Crippen LogP contribution in [-0.4, -0.2) is 50.9 Å². The minimum absolute atomic E-state index is 0.0418. The second kappa shape index (κ2) is 15.8. The zero-order chi connectivity index (χ0) is 33.2. The molecule has 47 heavy (non-hydrogen) atoms. The van der Waals surface area contributed by atoms with Crippen LogP contribution in [-0.2, 0) is 32.6 Å². The first kappa shape index (κ1) is 33.7. The number of sulfonamides is 1. The lowest BCUT2D eigenvalue weighted by Crippen LogP contribution is -2.55. The zero-order valence-electron chi connectivity index (χ0n) is 27.0. The maximum atomic E-state index is 14.6. The molecule has 1 fully saturated rings. The van der Waals surface area contributed by atoms with E-state index in [0.29, 0.717) is 11.4 Å². The number of nitrogens with one attached hydrogen (secondary N) is 1.